The average molecular weight is 305 g/mol. The molecule has 16 heavy (non-hydrogen) atoms. The van der Waals surface area contributed by atoms with E-state index >= 15 is 0 Å². The number of aliphatic hydroxyl groups is 1. The maximum Gasteiger partial charge on any atom is 0.124 e. The molecule has 0 bridgehead atoms. The second-order valence-corrected chi connectivity index (χ2v) is 6.24. The Hall–Kier alpha value is -0.0600. The van der Waals surface area contributed by atoms with Gasteiger partial charge >= 0.3 is 0 Å². The molecule has 1 aliphatic heterocycles. The summed E-state index contributed by atoms with van der Waals surface area (Å²) in [6, 6.07) is 4.80. The molecular weight excluding hydrogens is 291 g/mol. The lowest BCUT2D eigenvalue weighted by Gasteiger charge is -2.17. The lowest BCUT2D eigenvalue weighted by Crippen LogP contribution is -2.22. The van der Waals surface area contributed by atoms with Crippen molar-refractivity contribution in [3.63, 3.8) is 0 Å². The van der Waals surface area contributed by atoms with Crippen LogP contribution in [0.5, 0.6) is 0 Å². The molecule has 1 saturated heterocycles. The highest BCUT2D eigenvalue weighted by molar-refractivity contribution is 9.10. The van der Waals surface area contributed by atoms with Crippen LogP contribution in [0.4, 0.5) is 4.39 Å². The van der Waals surface area contributed by atoms with Gasteiger partial charge in [-0.2, -0.15) is 11.8 Å². The third kappa shape index (κ3) is 3.22. The maximum atomic E-state index is 13.1. The number of rotatable bonds is 3. The Bertz CT molecular complexity index is 346. The fourth-order valence-electron chi connectivity index (χ4n) is 1.99. The summed E-state index contributed by atoms with van der Waals surface area (Å²) in [6.45, 7) is 0. The van der Waals surface area contributed by atoms with Gasteiger partial charge in [-0.15, -0.1) is 0 Å². The third-order valence-corrected chi connectivity index (χ3v) is 4.52. The summed E-state index contributed by atoms with van der Waals surface area (Å²) >= 11 is 5.14. The molecule has 1 aromatic carbocycles. The number of hydrogen-bond donors (Lipinski definition) is 1. The van der Waals surface area contributed by atoms with E-state index in [9.17, 15) is 9.50 Å². The van der Waals surface area contributed by atoms with E-state index in [-0.39, 0.29) is 11.9 Å². The Balaban J connectivity index is 2.02. The largest absolute Gasteiger partial charge is 0.392 e. The highest BCUT2D eigenvalue weighted by atomic mass is 79.9. The molecule has 0 saturated carbocycles. The minimum Gasteiger partial charge on any atom is -0.392 e. The van der Waals surface area contributed by atoms with E-state index < -0.39 is 0 Å². The van der Waals surface area contributed by atoms with Crippen molar-refractivity contribution in [2.75, 3.05) is 11.5 Å². The first kappa shape index (κ1) is 12.4. The molecule has 0 amide bonds. The van der Waals surface area contributed by atoms with Gasteiger partial charge in [0.25, 0.3) is 0 Å². The Morgan fingerprint density at radius 2 is 2.31 bits per heavy atom. The predicted molar refractivity (Wildman–Crippen MR) is 69.2 cm³/mol. The smallest absolute Gasteiger partial charge is 0.124 e. The van der Waals surface area contributed by atoms with Crippen LogP contribution in [-0.2, 0) is 6.42 Å². The van der Waals surface area contributed by atoms with E-state index in [1.165, 1.54) is 12.1 Å². The first-order chi connectivity index (χ1) is 7.65. The van der Waals surface area contributed by atoms with E-state index in [2.05, 4.69) is 15.9 Å². The van der Waals surface area contributed by atoms with Gasteiger partial charge in [0, 0.05) is 4.47 Å². The zero-order valence-electron chi connectivity index (χ0n) is 8.83. The van der Waals surface area contributed by atoms with Gasteiger partial charge in [0.2, 0.25) is 0 Å². The topological polar surface area (TPSA) is 20.2 Å². The van der Waals surface area contributed by atoms with Gasteiger partial charge < -0.3 is 5.11 Å². The number of aliphatic hydroxyl groups excluding tert-OH is 1. The number of hydrogen-bond acceptors (Lipinski definition) is 2. The van der Waals surface area contributed by atoms with Crippen LogP contribution >= 0.6 is 27.7 Å². The molecule has 2 atom stereocenters. The Labute approximate surface area is 108 Å². The van der Waals surface area contributed by atoms with Crippen LogP contribution in [0.25, 0.3) is 0 Å². The molecule has 1 aromatic rings. The van der Waals surface area contributed by atoms with Crippen LogP contribution < -0.4 is 0 Å². The van der Waals surface area contributed by atoms with Crippen molar-refractivity contribution in [2.45, 2.75) is 18.9 Å². The molecular formula is C12H14BrFOS. The van der Waals surface area contributed by atoms with Crippen LogP contribution in [0.15, 0.2) is 22.7 Å². The molecule has 4 heteroatoms. The molecule has 1 aliphatic rings. The normalized spacial score (nSPS) is 22.3. The van der Waals surface area contributed by atoms with Gasteiger partial charge in [-0.25, -0.2) is 4.39 Å². The minimum absolute atomic E-state index is 0.252. The van der Waals surface area contributed by atoms with Gasteiger partial charge in [0.05, 0.1) is 6.10 Å². The predicted octanol–water partition coefficient (Wildman–Crippen LogP) is 3.24. The second-order valence-electron chi connectivity index (χ2n) is 4.17. The van der Waals surface area contributed by atoms with Gasteiger partial charge in [-0.1, -0.05) is 15.9 Å². The minimum atomic E-state index is -0.344. The van der Waals surface area contributed by atoms with Gasteiger partial charge in [0.1, 0.15) is 5.82 Å². The van der Waals surface area contributed by atoms with Crippen molar-refractivity contribution < 1.29 is 9.50 Å². The van der Waals surface area contributed by atoms with Crippen molar-refractivity contribution in [1.82, 2.24) is 0 Å². The summed E-state index contributed by atoms with van der Waals surface area (Å²) in [5, 5.41) is 10.0. The molecule has 0 aliphatic carbocycles. The molecule has 1 N–H and O–H groups in total. The number of benzene rings is 1. The lowest BCUT2D eigenvalue weighted by molar-refractivity contribution is 0.120. The summed E-state index contributed by atoms with van der Waals surface area (Å²) in [5.74, 6) is 2.27. The Kier molecular flexibility index (Phi) is 4.27. The van der Waals surface area contributed by atoms with E-state index in [1.807, 2.05) is 17.8 Å². The maximum absolute atomic E-state index is 13.1. The highest BCUT2D eigenvalue weighted by Crippen LogP contribution is 2.28. The SMILES string of the molecule is OC(Cc1cc(F)cc(Br)c1)C1CCSC1. The lowest BCUT2D eigenvalue weighted by atomic mass is 9.96. The zero-order chi connectivity index (χ0) is 11.5. The van der Waals surface area contributed by atoms with Crippen LogP contribution in [0.3, 0.4) is 0 Å². The quantitative estimate of drug-likeness (QED) is 0.925. The first-order valence-electron chi connectivity index (χ1n) is 5.36. The van der Waals surface area contributed by atoms with Crippen molar-refractivity contribution in [3.05, 3.63) is 34.1 Å². The summed E-state index contributed by atoms with van der Waals surface area (Å²) in [5.41, 5.74) is 0.858. The molecule has 2 rings (SSSR count). The highest BCUT2D eigenvalue weighted by Gasteiger charge is 2.23. The van der Waals surface area contributed by atoms with E-state index in [1.54, 1.807) is 0 Å². The number of halogens is 2. The van der Waals surface area contributed by atoms with Crippen LogP contribution in [0, 0.1) is 11.7 Å². The van der Waals surface area contributed by atoms with E-state index in [0.29, 0.717) is 12.3 Å². The molecule has 1 fully saturated rings. The van der Waals surface area contributed by atoms with Crippen LogP contribution in [0.1, 0.15) is 12.0 Å². The Morgan fingerprint density at radius 3 is 2.94 bits per heavy atom. The summed E-state index contributed by atoms with van der Waals surface area (Å²) in [6.07, 6.45) is 1.27. The summed E-state index contributed by atoms with van der Waals surface area (Å²) < 4.78 is 13.9. The van der Waals surface area contributed by atoms with Gasteiger partial charge in [-0.3, -0.25) is 0 Å². The van der Waals surface area contributed by atoms with Crippen molar-refractivity contribution in [2.24, 2.45) is 5.92 Å². The standard InChI is InChI=1S/C12H14BrFOS/c13-10-3-8(4-11(14)6-10)5-12(15)9-1-2-16-7-9/h3-4,6,9,12,15H,1-2,5,7H2. The van der Waals surface area contributed by atoms with Gasteiger partial charge in [-0.05, 0) is 54.0 Å². The second kappa shape index (κ2) is 5.52. The van der Waals surface area contributed by atoms with Gasteiger partial charge in [0.15, 0.2) is 0 Å². The average Bonchev–Trinajstić information content (AvgIpc) is 2.68. The number of thioether (sulfide) groups is 1. The zero-order valence-corrected chi connectivity index (χ0v) is 11.2. The monoisotopic (exact) mass is 304 g/mol. The molecule has 1 nitrogen and oxygen atoms in total. The summed E-state index contributed by atoms with van der Waals surface area (Å²) in [7, 11) is 0. The fraction of sp³-hybridized carbons (Fsp3) is 0.500. The molecule has 2 unspecified atom stereocenters. The van der Waals surface area contributed by atoms with Crippen molar-refractivity contribution in [3.8, 4) is 0 Å². The van der Waals surface area contributed by atoms with Crippen LogP contribution in [-0.4, -0.2) is 22.7 Å². The van der Waals surface area contributed by atoms with Crippen LogP contribution in [0.2, 0.25) is 0 Å². The molecule has 0 spiro atoms. The van der Waals surface area contributed by atoms with E-state index in [0.717, 1.165) is 28.0 Å². The van der Waals surface area contributed by atoms with E-state index in [4.69, 9.17) is 0 Å². The van der Waals surface area contributed by atoms with Crippen molar-refractivity contribution in [1.29, 1.82) is 0 Å². The molecule has 88 valence electrons. The first-order valence-corrected chi connectivity index (χ1v) is 7.30. The summed E-state index contributed by atoms with van der Waals surface area (Å²) in [4.78, 5) is 0. The third-order valence-electron chi connectivity index (χ3n) is 2.88. The molecule has 0 radical (unpaired) electrons. The fourth-order valence-corrected chi connectivity index (χ4v) is 3.83. The van der Waals surface area contributed by atoms with Crippen molar-refractivity contribution >= 4 is 27.7 Å². The Morgan fingerprint density at radius 1 is 1.50 bits per heavy atom. The molecule has 1 heterocycles. The molecule has 0 aromatic heterocycles.